The summed E-state index contributed by atoms with van der Waals surface area (Å²) in [6.45, 7) is 5.56. The molecule has 0 aliphatic carbocycles. The van der Waals surface area contributed by atoms with E-state index in [4.69, 9.17) is 9.47 Å². The standard InChI is InChI=1S/C16H21N3O4/c1-11(20)12-7-14-15(23-10-22-14)8-13(12)17-16(21)9-19-5-3-18(2)4-6-19/h7-8H,3-6,9-10H2,1-2H3,(H,17,21). The highest BCUT2D eigenvalue weighted by molar-refractivity contribution is 6.05. The van der Waals surface area contributed by atoms with Crippen LogP contribution in [-0.2, 0) is 4.79 Å². The fraction of sp³-hybridized carbons (Fsp3) is 0.500. The smallest absolute Gasteiger partial charge is 0.238 e. The minimum absolute atomic E-state index is 0.127. The van der Waals surface area contributed by atoms with Gasteiger partial charge in [-0.25, -0.2) is 0 Å². The van der Waals surface area contributed by atoms with Crippen molar-refractivity contribution in [3.05, 3.63) is 17.7 Å². The van der Waals surface area contributed by atoms with Crippen LogP contribution in [0.5, 0.6) is 11.5 Å². The van der Waals surface area contributed by atoms with Crippen molar-refractivity contribution in [3.8, 4) is 11.5 Å². The van der Waals surface area contributed by atoms with Crippen molar-refractivity contribution >= 4 is 17.4 Å². The van der Waals surface area contributed by atoms with Gasteiger partial charge < -0.3 is 19.7 Å². The van der Waals surface area contributed by atoms with E-state index in [2.05, 4.69) is 22.2 Å². The van der Waals surface area contributed by atoms with Crippen LogP contribution in [-0.4, -0.2) is 68.1 Å². The maximum absolute atomic E-state index is 12.3. The van der Waals surface area contributed by atoms with Crippen LogP contribution in [0, 0.1) is 0 Å². The number of rotatable bonds is 4. The Bertz CT molecular complexity index is 624. The predicted molar refractivity (Wildman–Crippen MR) is 85.1 cm³/mol. The highest BCUT2D eigenvalue weighted by Gasteiger charge is 2.22. The molecular formula is C16H21N3O4. The highest BCUT2D eigenvalue weighted by atomic mass is 16.7. The van der Waals surface area contributed by atoms with Gasteiger partial charge in [0.05, 0.1) is 12.2 Å². The molecule has 124 valence electrons. The topological polar surface area (TPSA) is 71.1 Å². The van der Waals surface area contributed by atoms with Gasteiger partial charge in [0, 0.05) is 37.8 Å². The molecule has 1 saturated heterocycles. The first-order valence-electron chi connectivity index (χ1n) is 7.68. The Labute approximate surface area is 135 Å². The average molecular weight is 319 g/mol. The van der Waals surface area contributed by atoms with Gasteiger partial charge in [-0.3, -0.25) is 14.5 Å². The van der Waals surface area contributed by atoms with Crippen LogP contribution in [0.15, 0.2) is 12.1 Å². The quantitative estimate of drug-likeness (QED) is 0.828. The molecule has 2 aliphatic heterocycles. The molecule has 1 aromatic rings. The number of benzene rings is 1. The summed E-state index contributed by atoms with van der Waals surface area (Å²) in [5, 5.41) is 2.83. The van der Waals surface area contributed by atoms with Gasteiger partial charge in [0.1, 0.15) is 0 Å². The predicted octanol–water partition coefficient (Wildman–Crippen LogP) is 0.804. The van der Waals surface area contributed by atoms with Crippen LogP contribution in [0.25, 0.3) is 0 Å². The molecule has 1 amide bonds. The zero-order chi connectivity index (χ0) is 16.4. The molecular weight excluding hydrogens is 298 g/mol. The normalized spacial score (nSPS) is 18.0. The van der Waals surface area contributed by atoms with Crippen LogP contribution in [0.2, 0.25) is 0 Å². The number of ketones is 1. The van der Waals surface area contributed by atoms with E-state index >= 15 is 0 Å². The third-order valence-electron chi connectivity index (χ3n) is 4.13. The summed E-state index contributed by atoms with van der Waals surface area (Å²) in [5.41, 5.74) is 0.904. The van der Waals surface area contributed by atoms with E-state index in [0.29, 0.717) is 29.3 Å². The lowest BCUT2D eigenvalue weighted by Gasteiger charge is -2.31. The second-order valence-electron chi connectivity index (χ2n) is 5.93. The van der Waals surface area contributed by atoms with Gasteiger partial charge >= 0.3 is 0 Å². The largest absolute Gasteiger partial charge is 0.454 e. The lowest BCUT2D eigenvalue weighted by molar-refractivity contribution is -0.117. The number of nitrogens with one attached hydrogen (secondary N) is 1. The van der Waals surface area contributed by atoms with Gasteiger partial charge in [-0.1, -0.05) is 0 Å². The molecule has 0 aromatic heterocycles. The fourth-order valence-corrected chi connectivity index (χ4v) is 2.74. The van der Waals surface area contributed by atoms with Gasteiger partial charge in [-0.2, -0.15) is 0 Å². The number of amides is 1. The van der Waals surface area contributed by atoms with Gasteiger partial charge in [0.25, 0.3) is 0 Å². The van der Waals surface area contributed by atoms with E-state index in [9.17, 15) is 9.59 Å². The minimum Gasteiger partial charge on any atom is -0.454 e. The molecule has 2 heterocycles. The molecule has 1 fully saturated rings. The maximum Gasteiger partial charge on any atom is 0.238 e. The molecule has 7 nitrogen and oxygen atoms in total. The number of hydrogen-bond acceptors (Lipinski definition) is 6. The molecule has 0 bridgehead atoms. The molecule has 3 rings (SSSR count). The Morgan fingerprint density at radius 2 is 1.78 bits per heavy atom. The van der Waals surface area contributed by atoms with Crippen molar-refractivity contribution in [2.45, 2.75) is 6.92 Å². The summed E-state index contributed by atoms with van der Waals surface area (Å²) in [6, 6.07) is 3.27. The van der Waals surface area contributed by atoms with Crippen LogP contribution >= 0.6 is 0 Å². The first-order valence-corrected chi connectivity index (χ1v) is 7.68. The van der Waals surface area contributed by atoms with Crippen molar-refractivity contribution in [2.75, 3.05) is 51.9 Å². The van der Waals surface area contributed by atoms with Crippen LogP contribution in [0.1, 0.15) is 17.3 Å². The fourth-order valence-electron chi connectivity index (χ4n) is 2.74. The zero-order valence-electron chi connectivity index (χ0n) is 13.4. The SMILES string of the molecule is CC(=O)c1cc2c(cc1NC(=O)CN1CCN(C)CC1)OCO2. The van der Waals surface area contributed by atoms with E-state index in [1.165, 1.54) is 6.92 Å². The van der Waals surface area contributed by atoms with Crippen LogP contribution in [0.3, 0.4) is 0 Å². The second kappa shape index (κ2) is 6.55. The van der Waals surface area contributed by atoms with E-state index < -0.39 is 0 Å². The molecule has 0 saturated carbocycles. The molecule has 1 N–H and O–H groups in total. The number of fused-ring (bicyclic) bond motifs is 1. The summed E-state index contributed by atoms with van der Waals surface area (Å²) in [4.78, 5) is 28.4. The van der Waals surface area contributed by atoms with Crippen LogP contribution < -0.4 is 14.8 Å². The lowest BCUT2D eigenvalue weighted by atomic mass is 10.1. The van der Waals surface area contributed by atoms with Gasteiger partial charge in [-0.05, 0) is 20.0 Å². The Balaban J connectivity index is 1.69. The van der Waals surface area contributed by atoms with Gasteiger partial charge in [0.15, 0.2) is 17.3 Å². The summed E-state index contributed by atoms with van der Waals surface area (Å²) in [6.07, 6.45) is 0. The number of ether oxygens (including phenoxy) is 2. The Morgan fingerprint density at radius 3 is 2.43 bits per heavy atom. The first kappa shape index (κ1) is 15.8. The first-order chi connectivity index (χ1) is 11.0. The summed E-state index contributed by atoms with van der Waals surface area (Å²) in [7, 11) is 2.07. The molecule has 7 heteroatoms. The van der Waals surface area contributed by atoms with Gasteiger partial charge in [0.2, 0.25) is 12.7 Å². The molecule has 0 atom stereocenters. The van der Waals surface area contributed by atoms with E-state index in [-0.39, 0.29) is 18.5 Å². The van der Waals surface area contributed by atoms with Crippen molar-refractivity contribution in [3.63, 3.8) is 0 Å². The van der Waals surface area contributed by atoms with Crippen LogP contribution in [0.4, 0.5) is 5.69 Å². The monoisotopic (exact) mass is 319 g/mol. The van der Waals surface area contributed by atoms with Crippen molar-refractivity contribution in [1.82, 2.24) is 9.80 Å². The molecule has 2 aliphatic rings. The number of hydrogen-bond donors (Lipinski definition) is 1. The number of anilines is 1. The van der Waals surface area contributed by atoms with E-state index in [1.54, 1.807) is 12.1 Å². The van der Waals surface area contributed by atoms with Crippen molar-refractivity contribution in [1.29, 1.82) is 0 Å². The maximum atomic E-state index is 12.3. The molecule has 23 heavy (non-hydrogen) atoms. The van der Waals surface area contributed by atoms with E-state index in [1.807, 2.05) is 0 Å². The summed E-state index contributed by atoms with van der Waals surface area (Å²) in [5.74, 6) is 0.825. The number of piperazine rings is 1. The van der Waals surface area contributed by atoms with Crippen molar-refractivity contribution < 1.29 is 19.1 Å². The lowest BCUT2D eigenvalue weighted by Crippen LogP contribution is -2.47. The molecule has 1 aromatic carbocycles. The number of Topliss-reactive ketones (excluding diaryl/α,β-unsaturated/α-hetero) is 1. The number of likely N-dealkylation sites (N-methyl/N-ethyl adjacent to an activating group) is 1. The van der Waals surface area contributed by atoms with Gasteiger partial charge in [-0.15, -0.1) is 0 Å². The van der Waals surface area contributed by atoms with E-state index in [0.717, 1.165) is 26.2 Å². The third-order valence-corrected chi connectivity index (χ3v) is 4.13. The summed E-state index contributed by atoms with van der Waals surface area (Å²) >= 11 is 0. The Hall–Kier alpha value is -2.12. The third kappa shape index (κ3) is 3.62. The summed E-state index contributed by atoms with van der Waals surface area (Å²) < 4.78 is 10.6. The Morgan fingerprint density at radius 1 is 1.13 bits per heavy atom. The molecule has 0 spiro atoms. The highest BCUT2D eigenvalue weighted by Crippen LogP contribution is 2.37. The zero-order valence-corrected chi connectivity index (χ0v) is 13.4. The number of nitrogens with zero attached hydrogens (tertiary/aromatic N) is 2. The minimum atomic E-state index is -0.129. The number of carbonyl (C=O) groups is 2. The molecule has 0 unspecified atom stereocenters. The Kier molecular flexibility index (Phi) is 4.49. The number of carbonyl (C=O) groups excluding carboxylic acids is 2. The molecule has 0 radical (unpaired) electrons. The second-order valence-corrected chi connectivity index (χ2v) is 5.93. The van der Waals surface area contributed by atoms with Crippen molar-refractivity contribution in [2.24, 2.45) is 0 Å². The average Bonchev–Trinajstić information content (AvgIpc) is 2.96.